The van der Waals surface area contributed by atoms with Crippen molar-refractivity contribution in [3.8, 4) is 11.5 Å². The summed E-state index contributed by atoms with van der Waals surface area (Å²) in [6, 6.07) is 3.96. The Hall–Kier alpha value is -0.710. The number of ether oxygens (including phenoxy) is 2. The van der Waals surface area contributed by atoms with E-state index in [1.165, 1.54) is 5.54 Å². The summed E-state index contributed by atoms with van der Waals surface area (Å²) in [7, 11) is 3.53. The molecular weight excluding hydrogens is 318 g/mol. The number of hydrogen-bond donors (Lipinski definition) is 1. The van der Waals surface area contributed by atoms with Crippen molar-refractivity contribution in [2.45, 2.75) is 13.5 Å². The van der Waals surface area contributed by atoms with Crippen LogP contribution in [0, 0.1) is 0 Å². The van der Waals surface area contributed by atoms with E-state index in [1.54, 1.807) is 7.11 Å². The monoisotopic (exact) mass is 333 g/mol. The maximum absolute atomic E-state index is 5.70. The van der Waals surface area contributed by atoms with Crippen molar-refractivity contribution in [3.63, 3.8) is 0 Å². The van der Waals surface area contributed by atoms with Crippen LogP contribution in [0.15, 0.2) is 27.7 Å². The van der Waals surface area contributed by atoms with Gasteiger partial charge in [0.25, 0.3) is 0 Å². The van der Waals surface area contributed by atoms with Gasteiger partial charge in [-0.1, -0.05) is 11.6 Å². The molecule has 1 aromatic rings. The van der Waals surface area contributed by atoms with E-state index >= 15 is 0 Å². The van der Waals surface area contributed by atoms with E-state index in [0.717, 1.165) is 22.2 Å². The molecule has 0 aromatic heterocycles. The maximum Gasteiger partial charge on any atom is 0.175 e. The molecule has 0 fully saturated rings. The fourth-order valence-corrected chi connectivity index (χ4v) is 2.10. The Morgan fingerprint density at radius 2 is 2.22 bits per heavy atom. The van der Waals surface area contributed by atoms with Crippen LogP contribution in [0.1, 0.15) is 12.5 Å². The number of hydrogen-bond acceptors (Lipinski definition) is 3. The average molecular weight is 335 g/mol. The van der Waals surface area contributed by atoms with Crippen molar-refractivity contribution >= 4 is 27.5 Å². The summed E-state index contributed by atoms with van der Waals surface area (Å²) in [4.78, 5) is 0. The van der Waals surface area contributed by atoms with Gasteiger partial charge < -0.3 is 14.8 Å². The zero-order chi connectivity index (χ0) is 13.5. The number of halogens is 2. The zero-order valence-corrected chi connectivity index (χ0v) is 13.1. The van der Waals surface area contributed by atoms with Crippen molar-refractivity contribution in [2.24, 2.45) is 0 Å². The van der Waals surface area contributed by atoms with E-state index in [0.29, 0.717) is 18.1 Å². The summed E-state index contributed by atoms with van der Waals surface area (Å²) in [6.45, 7) is 3.11. The van der Waals surface area contributed by atoms with Gasteiger partial charge in [-0.3, -0.25) is 0 Å². The molecular formula is C13H17BrClNO2. The lowest BCUT2D eigenvalue weighted by Crippen LogP contribution is -2.06. The third kappa shape index (κ3) is 4.19. The Labute approximate surface area is 121 Å². The fraction of sp³-hybridized carbons (Fsp3) is 0.385. The smallest absolute Gasteiger partial charge is 0.175 e. The maximum atomic E-state index is 5.70. The van der Waals surface area contributed by atoms with Crippen LogP contribution in [0.3, 0.4) is 0 Å². The second-order valence-corrected chi connectivity index (χ2v) is 4.96. The molecule has 1 rings (SSSR count). The third-order valence-electron chi connectivity index (χ3n) is 2.30. The Morgan fingerprint density at radius 3 is 2.78 bits per heavy atom. The molecule has 0 heterocycles. The molecule has 0 aliphatic rings. The first kappa shape index (κ1) is 15.3. The highest BCUT2D eigenvalue weighted by atomic mass is 79.9. The molecule has 0 aliphatic heterocycles. The summed E-state index contributed by atoms with van der Waals surface area (Å²) >= 11 is 9.10. The van der Waals surface area contributed by atoms with Gasteiger partial charge in [0, 0.05) is 12.1 Å². The minimum absolute atomic E-state index is 0.434. The molecule has 0 aliphatic carbocycles. The number of benzene rings is 1. The first-order valence-electron chi connectivity index (χ1n) is 5.52. The van der Waals surface area contributed by atoms with Crippen molar-refractivity contribution in [1.29, 1.82) is 0 Å². The summed E-state index contributed by atoms with van der Waals surface area (Å²) < 4.78 is 11.9. The van der Waals surface area contributed by atoms with Gasteiger partial charge in [-0.15, -0.1) is 0 Å². The molecule has 18 heavy (non-hydrogen) atoms. The SMILES string of the molecule is CNCc1cc(Br)c(OC/C(C)=C/Cl)c(OC)c1. The molecule has 3 nitrogen and oxygen atoms in total. The summed E-state index contributed by atoms with van der Waals surface area (Å²) in [5.74, 6) is 1.40. The highest BCUT2D eigenvalue weighted by Crippen LogP contribution is 2.36. The Balaban J connectivity index is 2.96. The third-order valence-corrected chi connectivity index (χ3v) is 3.26. The van der Waals surface area contributed by atoms with Crippen LogP contribution in [-0.2, 0) is 6.54 Å². The van der Waals surface area contributed by atoms with Crippen LogP contribution in [-0.4, -0.2) is 20.8 Å². The van der Waals surface area contributed by atoms with Gasteiger partial charge in [0.05, 0.1) is 11.6 Å². The van der Waals surface area contributed by atoms with Gasteiger partial charge in [0.2, 0.25) is 0 Å². The van der Waals surface area contributed by atoms with Crippen molar-refractivity contribution in [1.82, 2.24) is 5.32 Å². The Morgan fingerprint density at radius 1 is 1.50 bits per heavy atom. The fourth-order valence-electron chi connectivity index (χ4n) is 1.44. The average Bonchev–Trinajstić information content (AvgIpc) is 2.36. The zero-order valence-electron chi connectivity index (χ0n) is 10.7. The van der Waals surface area contributed by atoms with E-state index in [2.05, 4.69) is 21.2 Å². The van der Waals surface area contributed by atoms with Crippen LogP contribution >= 0.6 is 27.5 Å². The van der Waals surface area contributed by atoms with Gasteiger partial charge in [0.1, 0.15) is 6.61 Å². The molecule has 0 amide bonds. The molecule has 0 bridgehead atoms. The van der Waals surface area contributed by atoms with E-state index < -0.39 is 0 Å². The van der Waals surface area contributed by atoms with Crippen molar-refractivity contribution < 1.29 is 9.47 Å². The van der Waals surface area contributed by atoms with Gasteiger partial charge in [0.15, 0.2) is 11.5 Å². The largest absolute Gasteiger partial charge is 0.493 e. The number of nitrogens with one attached hydrogen (secondary N) is 1. The standard InChI is InChI=1S/C13H17BrClNO2/c1-9(6-15)8-18-13-11(14)4-10(7-16-2)5-12(13)17-3/h4-6,16H,7-8H2,1-3H3/b9-6+. The molecule has 0 unspecified atom stereocenters. The lowest BCUT2D eigenvalue weighted by atomic mass is 10.2. The van der Waals surface area contributed by atoms with Crippen LogP contribution in [0.4, 0.5) is 0 Å². The summed E-state index contributed by atoms with van der Waals surface area (Å²) in [6.07, 6.45) is 0. The molecule has 0 spiro atoms. The quantitative estimate of drug-likeness (QED) is 0.860. The lowest BCUT2D eigenvalue weighted by molar-refractivity contribution is 0.317. The van der Waals surface area contributed by atoms with E-state index in [4.69, 9.17) is 21.1 Å². The summed E-state index contributed by atoms with van der Waals surface area (Å²) in [5.41, 5.74) is 3.58. The van der Waals surface area contributed by atoms with Gasteiger partial charge in [-0.05, 0) is 53.2 Å². The van der Waals surface area contributed by atoms with E-state index in [9.17, 15) is 0 Å². The van der Waals surface area contributed by atoms with Gasteiger partial charge >= 0.3 is 0 Å². The second-order valence-electron chi connectivity index (χ2n) is 3.88. The highest BCUT2D eigenvalue weighted by molar-refractivity contribution is 9.10. The van der Waals surface area contributed by atoms with E-state index in [1.807, 2.05) is 26.1 Å². The highest BCUT2D eigenvalue weighted by Gasteiger charge is 2.11. The minimum atomic E-state index is 0.434. The van der Waals surface area contributed by atoms with Crippen molar-refractivity contribution in [2.75, 3.05) is 20.8 Å². The van der Waals surface area contributed by atoms with Gasteiger partial charge in [-0.2, -0.15) is 0 Å². The van der Waals surface area contributed by atoms with Crippen LogP contribution in [0.25, 0.3) is 0 Å². The predicted octanol–water partition coefficient (Wildman–Crippen LogP) is 3.70. The van der Waals surface area contributed by atoms with Gasteiger partial charge in [-0.25, -0.2) is 0 Å². The summed E-state index contributed by atoms with van der Waals surface area (Å²) in [5, 5.41) is 3.10. The normalized spacial score (nSPS) is 11.5. The predicted molar refractivity (Wildman–Crippen MR) is 78.6 cm³/mol. The first-order chi connectivity index (χ1) is 8.62. The van der Waals surface area contributed by atoms with Crippen LogP contribution < -0.4 is 14.8 Å². The van der Waals surface area contributed by atoms with Crippen LogP contribution in [0.2, 0.25) is 0 Å². The molecule has 0 atom stereocenters. The minimum Gasteiger partial charge on any atom is -0.493 e. The molecule has 0 radical (unpaired) electrons. The molecule has 1 aromatic carbocycles. The topological polar surface area (TPSA) is 30.5 Å². The molecule has 1 N–H and O–H groups in total. The Bertz CT molecular complexity index is 435. The molecule has 0 saturated heterocycles. The van der Waals surface area contributed by atoms with Crippen LogP contribution in [0.5, 0.6) is 11.5 Å². The van der Waals surface area contributed by atoms with E-state index in [-0.39, 0.29) is 0 Å². The molecule has 5 heteroatoms. The van der Waals surface area contributed by atoms with Crippen molar-refractivity contribution in [3.05, 3.63) is 33.3 Å². The molecule has 100 valence electrons. The first-order valence-corrected chi connectivity index (χ1v) is 6.75. The lowest BCUT2D eigenvalue weighted by Gasteiger charge is -2.14. The second kappa shape index (κ2) is 7.67. The number of rotatable bonds is 6. The number of methoxy groups -OCH3 is 1. The Kier molecular flexibility index (Phi) is 6.54. The molecule has 0 saturated carbocycles.